The van der Waals surface area contributed by atoms with Gasteiger partial charge in [-0.3, -0.25) is 9.78 Å². The molecule has 1 amide bonds. The van der Waals surface area contributed by atoms with Crippen molar-refractivity contribution in [3.8, 4) is 22.9 Å². The smallest absolute Gasteiger partial charge is 0.255 e. The lowest BCUT2D eigenvalue weighted by Crippen LogP contribution is -2.36. The highest BCUT2D eigenvalue weighted by atomic mass is 35.5. The van der Waals surface area contributed by atoms with E-state index in [1.165, 1.54) is 0 Å². The van der Waals surface area contributed by atoms with Crippen LogP contribution in [0.3, 0.4) is 0 Å². The Morgan fingerprint density at radius 1 is 1.14 bits per heavy atom. The van der Waals surface area contributed by atoms with E-state index < -0.39 is 0 Å². The molecule has 1 aromatic carbocycles. The molecule has 3 aromatic heterocycles. The van der Waals surface area contributed by atoms with E-state index in [1.807, 2.05) is 24.3 Å². The third-order valence-electron chi connectivity index (χ3n) is 6.01. The lowest BCUT2D eigenvalue weighted by molar-refractivity contribution is 0.0925. The van der Waals surface area contributed by atoms with Gasteiger partial charge in [0.15, 0.2) is 5.75 Å². The van der Waals surface area contributed by atoms with Crippen molar-refractivity contribution in [3.63, 3.8) is 0 Å². The number of aromatic amines is 1. The first-order valence-electron chi connectivity index (χ1n) is 11.0. The number of nitrogens with zero attached hydrogens (tertiary/aromatic N) is 2. The molecule has 0 bridgehead atoms. The molecule has 4 heterocycles. The standard InChI is InChI=1S/C25H24ClN5O4/c1-33-12-13-11-28-25(32)19-20(13)31-22(23(19)29-17-6-4-5-15(26)24(17)35-3)14-9-10-27-16-7-8-18(34-2)30-21(14)16/h4-10,13,29,31H,11-12H2,1-3H3,(H,28,32)/t13-/m1/s1. The Morgan fingerprint density at radius 2 is 2.00 bits per heavy atom. The van der Waals surface area contributed by atoms with Crippen LogP contribution in [0.25, 0.3) is 22.3 Å². The third-order valence-corrected chi connectivity index (χ3v) is 6.31. The molecule has 1 aliphatic heterocycles. The van der Waals surface area contributed by atoms with Gasteiger partial charge in [-0.15, -0.1) is 0 Å². The van der Waals surface area contributed by atoms with Crippen LogP contribution in [0.2, 0.25) is 5.02 Å². The number of hydrogen-bond acceptors (Lipinski definition) is 7. The largest absolute Gasteiger partial charge is 0.493 e. The number of methoxy groups -OCH3 is 3. The van der Waals surface area contributed by atoms with Gasteiger partial charge in [-0.1, -0.05) is 17.7 Å². The van der Waals surface area contributed by atoms with Gasteiger partial charge in [-0.25, -0.2) is 4.98 Å². The van der Waals surface area contributed by atoms with Crippen molar-refractivity contribution >= 4 is 39.9 Å². The van der Waals surface area contributed by atoms with Crippen LogP contribution in [-0.4, -0.2) is 55.3 Å². The van der Waals surface area contributed by atoms with Crippen LogP contribution >= 0.6 is 11.6 Å². The molecule has 0 aliphatic carbocycles. The average molecular weight is 494 g/mol. The summed E-state index contributed by atoms with van der Waals surface area (Å²) in [5.41, 5.74) is 5.25. The summed E-state index contributed by atoms with van der Waals surface area (Å²) in [6.45, 7) is 0.902. The summed E-state index contributed by atoms with van der Waals surface area (Å²) in [6.07, 6.45) is 1.71. The van der Waals surface area contributed by atoms with E-state index in [9.17, 15) is 4.79 Å². The topological polar surface area (TPSA) is 110 Å². The minimum Gasteiger partial charge on any atom is -0.493 e. The second-order valence-corrected chi connectivity index (χ2v) is 8.46. The molecule has 0 saturated heterocycles. The Balaban J connectivity index is 1.78. The fraction of sp³-hybridized carbons (Fsp3) is 0.240. The fourth-order valence-electron chi connectivity index (χ4n) is 4.41. The molecular weight excluding hydrogens is 470 g/mol. The zero-order chi connectivity index (χ0) is 24.5. The third kappa shape index (κ3) is 4.02. The molecule has 1 atom stereocenters. The van der Waals surface area contributed by atoms with Crippen molar-refractivity contribution in [1.29, 1.82) is 0 Å². The Kier molecular flexibility index (Phi) is 6.19. The Bertz CT molecular complexity index is 1420. The van der Waals surface area contributed by atoms with Crippen LogP contribution in [0, 0.1) is 0 Å². The molecule has 180 valence electrons. The molecule has 0 radical (unpaired) electrons. The van der Waals surface area contributed by atoms with Gasteiger partial charge in [0.1, 0.15) is 5.52 Å². The van der Waals surface area contributed by atoms with Gasteiger partial charge >= 0.3 is 0 Å². The lowest BCUT2D eigenvalue weighted by Gasteiger charge is -2.23. The number of anilines is 2. The maximum Gasteiger partial charge on any atom is 0.255 e. The van der Waals surface area contributed by atoms with E-state index in [2.05, 4.69) is 25.6 Å². The second kappa shape index (κ2) is 9.44. The van der Waals surface area contributed by atoms with E-state index in [-0.39, 0.29) is 11.8 Å². The summed E-state index contributed by atoms with van der Waals surface area (Å²) in [5, 5.41) is 6.83. The summed E-state index contributed by atoms with van der Waals surface area (Å²) < 4.78 is 16.3. The van der Waals surface area contributed by atoms with Crippen molar-refractivity contribution in [2.75, 3.05) is 39.8 Å². The van der Waals surface area contributed by atoms with Crippen molar-refractivity contribution < 1.29 is 19.0 Å². The minimum atomic E-state index is -0.192. The second-order valence-electron chi connectivity index (χ2n) is 8.05. The number of benzene rings is 1. The first kappa shape index (κ1) is 22.9. The average Bonchev–Trinajstić information content (AvgIpc) is 3.25. The lowest BCUT2D eigenvalue weighted by atomic mass is 9.97. The molecule has 10 heteroatoms. The Labute approximate surface area is 206 Å². The molecule has 0 saturated carbocycles. The van der Waals surface area contributed by atoms with Gasteiger partial charge in [0, 0.05) is 43.1 Å². The molecular formula is C25H24ClN5O4. The van der Waals surface area contributed by atoms with Crippen LogP contribution < -0.4 is 20.1 Å². The van der Waals surface area contributed by atoms with Crippen molar-refractivity contribution in [3.05, 3.63) is 58.9 Å². The van der Waals surface area contributed by atoms with Crippen LogP contribution in [0.4, 0.5) is 11.4 Å². The number of carbonyl (C=O) groups excluding carboxylic acids is 1. The number of aromatic nitrogens is 3. The van der Waals surface area contributed by atoms with E-state index in [0.717, 1.165) is 11.3 Å². The minimum absolute atomic E-state index is 0.0566. The van der Waals surface area contributed by atoms with Gasteiger partial charge in [0.05, 0.1) is 54.0 Å². The fourth-order valence-corrected chi connectivity index (χ4v) is 4.66. The number of fused-ring (bicyclic) bond motifs is 2. The maximum absolute atomic E-state index is 13.2. The van der Waals surface area contributed by atoms with Crippen LogP contribution in [0.15, 0.2) is 42.6 Å². The van der Waals surface area contributed by atoms with Gasteiger partial charge < -0.3 is 29.8 Å². The van der Waals surface area contributed by atoms with Crippen LogP contribution in [-0.2, 0) is 4.74 Å². The monoisotopic (exact) mass is 493 g/mol. The highest BCUT2D eigenvalue weighted by Gasteiger charge is 2.33. The van der Waals surface area contributed by atoms with Gasteiger partial charge in [-0.2, -0.15) is 0 Å². The van der Waals surface area contributed by atoms with E-state index >= 15 is 0 Å². The number of rotatable bonds is 7. The highest BCUT2D eigenvalue weighted by molar-refractivity contribution is 6.32. The molecule has 1 aliphatic rings. The van der Waals surface area contributed by atoms with E-state index in [0.29, 0.717) is 63.5 Å². The highest BCUT2D eigenvalue weighted by Crippen LogP contribution is 2.43. The molecule has 0 spiro atoms. The number of halogens is 1. The molecule has 35 heavy (non-hydrogen) atoms. The predicted octanol–water partition coefficient (Wildman–Crippen LogP) is 4.51. The Hall–Kier alpha value is -3.82. The molecule has 0 fully saturated rings. The number of ether oxygens (including phenoxy) is 3. The van der Waals surface area contributed by atoms with Crippen LogP contribution in [0.1, 0.15) is 22.0 Å². The quantitative estimate of drug-likeness (QED) is 0.347. The zero-order valence-electron chi connectivity index (χ0n) is 19.4. The number of nitrogens with one attached hydrogen (secondary N) is 3. The number of H-pyrrole nitrogens is 1. The number of pyridine rings is 2. The maximum atomic E-state index is 13.2. The van der Waals surface area contributed by atoms with Gasteiger partial charge in [0.2, 0.25) is 5.88 Å². The summed E-state index contributed by atoms with van der Waals surface area (Å²) >= 11 is 6.37. The zero-order valence-corrected chi connectivity index (χ0v) is 20.2. The summed E-state index contributed by atoms with van der Waals surface area (Å²) in [5.74, 6) is 0.685. The van der Waals surface area contributed by atoms with Gasteiger partial charge in [-0.05, 0) is 24.3 Å². The van der Waals surface area contributed by atoms with Crippen LogP contribution in [0.5, 0.6) is 11.6 Å². The molecule has 3 N–H and O–H groups in total. The Morgan fingerprint density at radius 3 is 2.77 bits per heavy atom. The van der Waals surface area contributed by atoms with Gasteiger partial charge in [0.25, 0.3) is 5.91 Å². The molecule has 5 rings (SSSR count). The first-order chi connectivity index (χ1) is 17.0. The molecule has 9 nitrogen and oxygen atoms in total. The number of carbonyl (C=O) groups is 1. The number of para-hydroxylation sites is 1. The molecule has 0 unspecified atom stereocenters. The summed E-state index contributed by atoms with van der Waals surface area (Å²) in [4.78, 5) is 25.7. The molecule has 4 aromatic rings. The first-order valence-corrected chi connectivity index (χ1v) is 11.4. The van der Waals surface area contributed by atoms with Crippen molar-refractivity contribution in [2.24, 2.45) is 0 Å². The summed E-state index contributed by atoms with van der Waals surface area (Å²) in [7, 11) is 4.76. The SMILES string of the molecule is COC[C@H]1CNC(=O)c2c1[nH]c(-c1ccnc3ccc(OC)nc13)c2Nc1cccc(Cl)c1OC. The number of amides is 1. The summed E-state index contributed by atoms with van der Waals surface area (Å²) in [6, 6.07) is 10.9. The predicted molar refractivity (Wildman–Crippen MR) is 134 cm³/mol. The van der Waals surface area contributed by atoms with E-state index in [1.54, 1.807) is 39.7 Å². The van der Waals surface area contributed by atoms with E-state index in [4.69, 9.17) is 25.8 Å². The number of hydrogen-bond donors (Lipinski definition) is 3. The normalized spacial score (nSPS) is 15.0. The van der Waals surface area contributed by atoms with Crippen molar-refractivity contribution in [1.82, 2.24) is 20.3 Å². The van der Waals surface area contributed by atoms with Crippen molar-refractivity contribution in [2.45, 2.75) is 5.92 Å².